The molecule has 0 spiro atoms. The minimum absolute atomic E-state index is 0.0297. The summed E-state index contributed by atoms with van der Waals surface area (Å²) in [7, 11) is 0. The molecule has 6 heteroatoms. The lowest BCUT2D eigenvalue weighted by molar-refractivity contribution is -0.384. The zero-order valence-corrected chi connectivity index (χ0v) is 9.29. The topological polar surface area (TPSA) is 87.2 Å². The van der Waals surface area contributed by atoms with Gasteiger partial charge >= 0.3 is 0 Å². The second-order valence-electron chi connectivity index (χ2n) is 3.28. The molecule has 0 aliphatic heterocycles. The second kappa shape index (κ2) is 5.61. The predicted molar refractivity (Wildman–Crippen MR) is 60.3 cm³/mol. The molecule has 0 aliphatic carbocycles. The molecule has 0 saturated heterocycles. The lowest BCUT2D eigenvalue weighted by Gasteiger charge is -2.16. The van der Waals surface area contributed by atoms with Crippen LogP contribution in [0.25, 0.3) is 0 Å². The Morgan fingerprint density at radius 1 is 1.59 bits per heavy atom. The maximum atomic E-state index is 11.9. The normalized spacial score (nSPS) is 9.41. The van der Waals surface area contributed by atoms with E-state index in [0.717, 1.165) is 0 Å². The summed E-state index contributed by atoms with van der Waals surface area (Å²) >= 11 is 0. The first-order valence-corrected chi connectivity index (χ1v) is 5.00. The molecule has 0 saturated carbocycles. The van der Waals surface area contributed by atoms with Crippen LogP contribution in [0.15, 0.2) is 24.3 Å². The van der Waals surface area contributed by atoms with Crippen molar-refractivity contribution in [3.05, 3.63) is 39.9 Å². The summed E-state index contributed by atoms with van der Waals surface area (Å²) in [6.45, 7) is 2.10. The number of rotatable bonds is 4. The fourth-order valence-electron chi connectivity index (χ4n) is 1.35. The Labute approximate surface area is 98.2 Å². The van der Waals surface area contributed by atoms with Gasteiger partial charge in [-0.05, 0) is 13.0 Å². The average Bonchev–Trinajstić information content (AvgIpc) is 2.35. The van der Waals surface area contributed by atoms with Crippen LogP contribution in [0.3, 0.4) is 0 Å². The molecule has 88 valence electrons. The minimum Gasteiger partial charge on any atom is -0.326 e. The zero-order chi connectivity index (χ0) is 12.8. The number of non-ortho nitro benzene ring substituents is 1. The molecule has 0 N–H and O–H groups in total. The van der Waals surface area contributed by atoms with E-state index in [4.69, 9.17) is 5.26 Å². The summed E-state index contributed by atoms with van der Waals surface area (Å²) in [5, 5.41) is 19.1. The van der Waals surface area contributed by atoms with E-state index >= 15 is 0 Å². The van der Waals surface area contributed by atoms with Crippen LogP contribution in [-0.4, -0.2) is 28.8 Å². The van der Waals surface area contributed by atoms with Crippen molar-refractivity contribution in [2.45, 2.75) is 6.92 Å². The zero-order valence-electron chi connectivity index (χ0n) is 9.29. The third-order valence-corrected chi connectivity index (χ3v) is 2.23. The van der Waals surface area contributed by atoms with Gasteiger partial charge in [0.2, 0.25) is 0 Å². The van der Waals surface area contributed by atoms with Crippen LogP contribution in [0.1, 0.15) is 17.3 Å². The van der Waals surface area contributed by atoms with Gasteiger partial charge in [0.1, 0.15) is 6.54 Å². The highest BCUT2D eigenvalue weighted by molar-refractivity contribution is 5.94. The van der Waals surface area contributed by atoms with E-state index in [1.807, 2.05) is 6.07 Å². The molecule has 0 fully saturated rings. The van der Waals surface area contributed by atoms with Crippen LogP contribution in [-0.2, 0) is 0 Å². The van der Waals surface area contributed by atoms with Crippen molar-refractivity contribution in [3.63, 3.8) is 0 Å². The fraction of sp³-hybridized carbons (Fsp3) is 0.273. The van der Waals surface area contributed by atoms with E-state index in [9.17, 15) is 14.9 Å². The number of nitriles is 1. The average molecular weight is 233 g/mol. The summed E-state index contributed by atoms with van der Waals surface area (Å²) < 4.78 is 0. The summed E-state index contributed by atoms with van der Waals surface area (Å²) in [5.74, 6) is -0.377. The molecule has 0 atom stereocenters. The van der Waals surface area contributed by atoms with Gasteiger partial charge in [0, 0.05) is 24.2 Å². The van der Waals surface area contributed by atoms with Gasteiger partial charge in [0.05, 0.1) is 11.0 Å². The molecule has 1 aromatic carbocycles. The number of amides is 1. The highest BCUT2D eigenvalue weighted by Gasteiger charge is 2.16. The molecule has 1 rings (SSSR count). The van der Waals surface area contributed by atoms with Gasteiger partial charge in [0.25, 0.3) is 11.6 Å². The van der Waals surface area contributed by atoms with E-state index in [1.54, 1.807) is 6.92 Å². The summed E-state index contributed by atoms with van der Waals surface area (Å²) in [4.78, 5) is 23.2. The Morgan fingerprint density at radius 2 is 2.29 bits per heavy atom. The molecule has 0 aliphatic rings. The van der Waals surface area contributed by atoms with Crippen molar-refractivity contribution < 1.29 is 9.72 Å². The Balaban J connectivity index is 3.00. The van der Waals surface area contributed by atoms with Gasteiger partial charge in [-0.1, -0.05) is 6.07 Å². The van der Waals surface area contributed by atoms with Crippen molar-refractivity contribution in [2.24, 2.45) is 0 Å². The maximum absolute atomic E-state index is 11.9. The third kappa shape index (κ3) is 3.01. The Kier molecular flexibility index (Phi) is 4.17. The lowest BCUT2D eigenvalue weighted by Crippen LogP contribution is -2.31. The van der Waals surface area contributed by atoms with E-state index in [1.165, 1.54) is 29.2 Å². The lowest BCUT2D eigenvalue weighted by atomic mass is 10.2. The van der Waals surface area contributed by atoms with E-state index in [0.29, 0.717) is 6.54 Å². The van der Waals surface area contributed by atoms with E-state index < -0.39 is 4.92 Å². The number of carbonyl (C=O) groups is 1. The molecule has 0 aromatic heterocycles. The number of nitro groups is 1. The molecular formula is C11H11N3O3. The minimum atomic E-state index is -0.558. The molecule has 1 amide bonds. The van der Waals surface area contributed by atoms with Crippen molar-refractivity contribution >= 4 is 11.6 Å². The monoisotopic (exact) mass is 233 g/mol. The molecule has 6 nitrogen and oxygen atoms in total. The van der Waals surface area contributed by atoms with Crippen LogP contribution in [0.2, 0.25) is 0 Å². The fourth-order valence-corrected chi connectivity index (χ4v) is 1.35. The van der Waals surface area contributed by atoms with E-state index in [-0.39, 0.29) is 23.7 Å². The maximum Gasteiger partial charge on any atom is 0.270 e. The number of carbonyl (C=O) groups excluding carboxylic acids is 1. The Morgan fingerprint density at radius 3 is 2.82 bits per heavy atom. The van der Waals surface area contributed by atoms with Gasteiger partial charge in [-0.2, -0.15) is 5.26 Å². The largest absolute Gasteiger partial charge is 0.326 e. The van der Waals surface area contributed by atoms with Gasteiger partial charge in [0.15, 0.2) is 0 Å². The molecule has 0 radical (unpaired) electrons. The number of hydrogen-bond donors (Lipinski definition) is 0. The van der Waals surface area contributed by atoms with Gasteiger partial charge in [-0.15, -0.1) is 0 Å². The molecule has 0 heterocycles. The summed E-state index contributed by atoms with van der Waals surface area (Å²) in [6.07, 6.45) is 0. The highest BCUT2D eigenvalue weighted by Crippen LogP contribution is 2.14. The molecule has 0 bridgehead atoms. The number of benzene rings is 1. The highest BCUT2D eigenvalue weighted by atomic mass is 16.6. The van der Waals surface area contributed by atoms with Crippen LogP contribution < -0.4 is 0 Å². The predicted octanol–water partition coefficient (Wildman–Crippen LogP) is 1.58. The second-order valence-corrected chi connectivity index (χ2v) is 3.28. The van der Waals surface area contributed by atoms with Gasteiger partial charge in [-0.25, -0.2) is 0 Å². The van der Waals surface area contributed by atoms with E-state index in [2.05, 4.69) is 0 Å². The van der Waals surface area contributed by atoms with Crippen molar-refractivity contribution in [2.75, 3.05) is 13.1 Å². The summed E-state index contributed by atoms with van der Waals surface area (Å²) in [6, 6.07) is 7.35. The number of nitro benzene ring substituents is 1. The van der Waals surface area contributed by atoms with Gasteiger partial charge in [-0.3, -0.25) is 14.9 Å². The first-order valence-electron chi connectivity index (χ1n) is 5.00. The van der Waals surface area contributed by atoms with Crippen molar-refractivity contribution in [1.29, 1.82) is 5.26 Å². The molecule has 1 aromatic rings. The molecule has 17 heavy (non-hydrogen) atoms. The summed E-state index contributed by atoms with van der Waals surface area (Å²) in [5.41, 5.74) is 0.0835. The molecule has 0 unspecified atom stereocenters. The van der Waals surface area contributed by atoms with Crippen LogP contribution >= 0.6 is 0 Å². The smallest absolute Gasteiger partial charge is 0.270 e. The van der Waals surface area contributed by atoms with Gasteiger partial charge < -0.3 is 4.90 Å². The number of nitrogens with zero attached hydrogens (tertiary/aromatic N) is 3. The number of hydrogen-bond acceptors (Lipinski definition) is 4. The SMILES string of the molecule is CCN(CC#N)C(=O)c1cccc([N+](=O)[O-])c1. The first kappa shape index (κ1) is 12.6. The first-order chi connectivity index (χ1) is 8.10. The van der Waals surface area contributed by atoms with Crippen LogP contribution in [0, 0.1) is 21.4 Å². The van der Waals surface area contributed by atoms with Crippen LogP contribution in [0.5, 0.6) is 0 Å². The van der Waals surface area contributed by atoms with Crippen LogP contribution in [0.4, 0.5) is 5.69 Å². The quantitative estimate of drug-likeness (QED) is 0.448. The van der Waals surface area contributed by atoms with Crippen molar-refractivity contribution in [1.82, 2.24) is 4.90 Å². The Hall–Kier alpha value is -2.42. The van der Waals surface area contributed by atoms with Crippen molar-refractivity contribution in [3.8, 4) is 6.07 Å². The molecular weight excluding hydrogens is 222 g/mol. The third-order valence-electron chi connectivity index (χ3n) is 2.23. The standard InChI is InChI=1S/C11H11N3O3/c1-2-13(7-6-12)11(15)9-4-3-5-10(8-9)14(16)17/h3-5,8H,2,7H2,1H3. The Bertz CT molecular complexity index is 479.